The Morgan fingerprint density at radius 1 is 0.360 bits per heavy atom. The maximum absolute atomic E-state index is 12.5. The summed E-state index contributed by atoms with van der Waals surface area (Å²) in [6, 6.07) is -0.551. The molecule has 0 rings (SSSR count). The molecule has 0 aliphatic carbocycles. The van der Waals surface area contributed by atoms with Crippen LogP contribution >= 0.6 is 0 Å². The van der Waals surface area contributed by atoms with Gasteiger partial charge in [0.1, 0.15) is 0 Å². The number of nitrogens with one attached hydrogen (secondary N) is 1. The van der Waals surface area contributed by atoms with Gasteiger partial charge in [0, 0.05) is 12.8 Å². The van der Waals surface area contributed by atoms with Gasteiger partial charge in [0.25, 0.3) is 0 Å². The first-order valence-electron chi connectivity index (χ1n) is 34.4. The quantitative estimate of drug-likeness (QED) is 0.0320. The number of aliphatic hydroxyl groups excluding tert-OH is 2. The van der Waals surface area contributed by atoms with Crippen LogP contribution in [0.3, 0.4) is 0 Å². The maximum Gasteiger partial charge on any atom is 0.305 e. The van der Waals surface area contributed by atoms with Gasteiger partial charge in [-0.1, -0.05) is 341 Å². The van der Waals surface area contributed by atoms with Crippen LogP contribution in [0.15, 0.2) is 12.2 Å². The van der Waals surface area contributed by atoms with Gasteiger partial charge < -0.3 is 20.3 Å². The normalized spacial score (nSPS) is 12.5. The second kappa shape index (κ2) is 65.1. The van der Waals surface area contributed by atoms with Crippen LogP contribution in [0.25, 0.3) is 0 Å². The molecule has 3 N–H and O–H groups in total. The van der Waals surface area contributed by atoms with Crippen molar-refractivity contribution in [3.63, 3.8) is 0 Å². The van der Waals surface area contributed by atoms with Crippen molar-refractivity contribution in [2.45, 2.75) is 405 Å². The van der Waals surface area contributed by atoms with Crippen molar-refractivity contribution in [3.8, 4) is 0 Å². The molecule has 0 fully saturated rings. The van der Waals surface area contributed by atoms with Gasteiger partial charge in [-0.05, 0) is 51.4 Å². The number of esters is 1. The van der Waals surface area contributed by atoms with Crippen LogP contribution in [-0.4, -0.2) is 47.4 Å². The molecule has 0 saturated carbocycles. The number of rotatable bonds is 65. The van der Waals surface area contributed by atoms with Gasteiger partial charge in [-0.15, -0.1) is 0 Å². The minimum atomic E-state index is -0.673. The molecule has 6 heteroatoms. The molecule has 75 heavy (non-hydrogen) atoms. The smallest absolute Gasteiger partial charge is 0.305 e. The summed E-state index contributed by atoms with van der Waals surface area (Å²) in [6.07, 6.45) is 79.6. The van der Waals surface area contributed by atoms with Crippen LogP contribution < -0.4 is 5.32 Å². The Morgan fingerprint density at radius 2 is 0.627 bits per heavy atom. The molecular formula is C69H135NO5. The van der Waals surface area contributed by atoms with E-state index in [2.05, 4.69) is 31.3 Å². The van der Waals surface area contributed by atoms with Gasteiger partial charge >= 0.3 is 5.97 Å². The summed E-state index contributed by atoms with van der Waals surface area (Å²) >= 11 is 0. The van der Waals surface area contributed by atoms with Crippen LogP contribution in [0, 0.1) is 0 Å². The van der Waals surface area contributed by atoms with Gasteiger partial charge in [0.2, 0.25) is 5.91 Å². The Labute approximate surface area is 469 Å². The van der Waals surface area contributed by atoms with E-state index < -0.39 is 12.1 Å². The molecule has 446 valence electrons. The number of carbonyl (C=O) groups excluding carboxylic acids is 2. The highest BCUT2D eigenvalue weighted by Gasteiger charge is 2.20. The van der Waals surface area contributed by atoms with Crippen molar-refractivity contribution in [2.75, 3.05) is 13.2 Å². The average Bonchev–Trinajstić information content (AvgIpc) is 3.41. The van der Waals surface area contributed by atoms with Gasteiger partial charge in [0.05, 0.1) is 25.4 Å². The van der Waals surface area contributed by atoms with Crippen molar-refractivity contribution in [3.05, 3.63) is 12.2 Å². The first-order chi connectivity index (χ1) is 37.0. The average molecular weight is 1060 g/mol. The highest BCUT2D eigenvalue weighted by molar-refractivity contribution is 5.76. The molecule has 0 aromatic heterocycles. The van der Waals surface area contributed by atoms with E-state index in [9.17, 15) is 19.8 Å². The molecule has 6 nitrogen and oxygen atoms in total. The molecule has 0 aromatic rings. The number of aliphatic hydroxyl groups is 2. The zero-order valence-corrected chi connectivity index (χ0v) is 51.1. The molecule has 0 aliphatic rings. The first-order valence-corrected chi connectivity index (χ1v) is 34.4. The van der Waals surface area contributed by atoms with Gasteiger partial charge in [-0.2, -0.15) is 0 Å². The molecule has 0 radical (unpaired) electrons. The fourth-order valence-corrected chi connectivity index (χ4v) is 11.1. The predicted molar refractivity (Wildman–Crippen MR) is 329 cm³/mol. The SMILES string of the molecule is CCCCCCCCCCCCCCCCCCCCCCCCCCCC(O)C(CO)NC(=O)CCCCCCCCC/C=C\CCCCCCCCOC(=O)CCCCCCCCCCCCCCCCCC. The molecular weight excluding hydrogens is 923 g/mol. The summed E-state index contributed by atoms with van der Waals surface area (Å²) in [4.78, 5) is 24.6. The number of amides is 1. The summed E-state index contributed by atoms with van der Waals surface area (Å²) in [5, 5.41) is 23.4. The van der Waals surface area contributed by atoms with Gasteiger partial charge in [-0.25, -0.2) is 0 Å². The number of hydrogen-bond acceptors (Lipinski definition) is 5. The number of allylic oxidation sites excluding steroid dienone is 2. The van der Waals surface area contributed by atoms with E-state index >= 15 is 0 Å². The van der Waals surface area contributed by atoms with Crippen molar-refractivity contribution in [1.29, 1.82) is 0 Å². The van der Waals surface area contributed by atoms with E-state index in [1.165, 1.54) is 308 Å². The number of ether oxygens (including phenoxy) is 1. The Bertz CT molecular complexity index is 1130. The van der Waals surface area contributed by atoms with Crippen LogP contribution in [0.1, 0.15) is 393 Å². The number of unbranched alkanes of at least 4 members (excludes halogenated alkanes) is 52. The molecule has 0 aliphatic heterocycles. The molecule has 0 saturated heterocycles. The Hall–Kier alpha value is -1.40. The lowest BCUT2D eigenvalue weighted by molar-refractivity contribution is -0.143. The van der Waals surface area contributed by atoms with E-state index in [1.54, 1.807) is 0 Å². The summed E-state index contributed by atoms with van der Waals surface area (Å²) < 4.78 is 5.49. The topological polar surface area (TPSA) is 95.9 Å². The van der Waals surface area contributed by atoms with Crippen LogP contribution in [0.5, 0.6) is 0 Å². The van der Waals surface area contributed by atoms with Crippen LogP contribution in [0.4, 0.5) is 0 Å². The third-order valence-corrected chi connectivity index (χ3v) is 16.3. The standard InChI is InChI=1S/C69H135NO5/c1-3-5-7-9-11-13-15-17-19-21-22-23-24-25-26-27-28-30-33-37-41-45-49-53-57-61-67(72)66(65-71)70-68(73)62-58-54-50-46-42-38-34-31-29-32-36-40-44-48-52-56-60-64-75-69(74)63-59-55-51-47-43-39-35-20-18-16-14-12-10-8-6-4-2/h29,32,66-67,71-72H,3-28,30-31,33-65H2,1-2H3,(H,70,73)/b32-29-. The van der Waals surface area contributed by atoms with Crippen LogP contribution in [0.2, 0.25) is 0 Å². The lowest BCUT2D eigenvalue weighted by Gasteiger charge is -2.22. The maximum atomic E-state index is 12.5. The predicted octanol–water partition coefficient (Wildman–Crippen LogP) is 22.0. The van der Waals surface area contributed by atoms with Gasteiger partial charge in [0.15, 0.2) is 0 Å². The summed E-state index contributed by atoms with van der Waals surface area (Å²) in [6.45, 7) is 4.98. The lowest BCUT2D eigenvalue weighted by atomic mass is 10.0. The lowest BCUT2D eigenvalue weighted by Crippen LogP contribution is -2.45. The molecule has 0 spiro atoms. The minimum absolute atomic E-state index is 0.00310. The summed E-state index contributed by atoms with van der Waals surface area (Å²) in [5.41, 5.74) is 0. The summed E-state index contributed by atoms with van der Waals surface area (Å²) in [7, 11) is 0. The molecule has 2 unspecified atom stereocenters. The largest absolute Gasteiger partial charge is 0.466 e. The van der Waals surface area contributed by atoms with E-state index in [4.69, 9.17) is 4.74 Å². The van der Waals surface area contributed by atoms with Gasteiger partial charge in [-0.3, -0.25) is 9.59 Å². The number of hydrogen-bond donors (Lipinski definition) is 3. The highest BCUT2D eigenvalue weighted by atomic mass is 16.5. The van der Waals surface area contributed by atoms with E-state index in [0.29, 0.717) is 25.9 Å². The third-order valence-electron chi connectivity index (χ3n) is 16.3. The minimum Gasteiger partial charge on any atom is -0.466 e. The Kier molecular flexibility index (Phi) is 63.9. The van der Waals surface area contributed by atoms with E-state index in [1.807, 2.05) is 0 Å². The van der Waals surface area contributed by atoms with Crippen molar-refractivity contribution in [2.24, 2.45) is 0 Å². The summed E-state index contributed by atoms with van der Waals surface area (Å²) in [5.74, 6) is -0.0387. The molecule has 1 amide bonds. The molecule has 0 bridgehead atoms. The fraction of sp³-hybridized carbons (Fsp3) is 0.942. The van der Waals surface area contributed by atoms with Crippen molar-refractivity contribution < 1.29 is 24.5 Å². The zero-order chi connectivity index (χ0) is 54.3. The monoisotopic (exact) mass is 1060 g/mol. The molecule has 0 aromatic carbocycles. The first kappa shape index (κ1) is 73.6. The Balaban J connectivity index is 3.43. The highest BCUT2D eigenvalue weighted by Crippen LogP contribution is 2.19. The zero-order valence-electron chi connectivity index (χ0n) is 51.1. The number of carbonyl (C=O) groups is 2. The van der Waals surface area contributed by atoms with Crippen molar-refractivity contribution >= 4 is 11.9 Å². The second-order valence-electron chi connectivity index (χ2n) is 23.9. The Morgan fingerprint density at radius 3 is 0.947 bits per heavy atom. The molecule has 0 heterocycles. The molecule has 2 atom stereocenters. The van der Waals surface area contributed by atoms with E-state index in [-0.39, 0.29) is 18.5 Å². The van der Waals surface area contributed by atoms with Crippen molar-refractivity contribution in [1.82, 2.24) is 5.32 Å². The van der Waals surface area contributed by atoms with E-state index in [0.717, 1.165) is 51.4 Å². The second-order valence-corrected chi connectivity index (χ2v) is 23.9. The third kappa shape index (κ3) is 61.7. The fourth-order valence-electron chi connectivity index (χ4n) is 11.1. The van der Waals surface area contributed by atoms with Crippen LogP contribution in [-0.2, 0) is 14.3 Å².